The smallest absolute Gasteiger partial charge is 0.306 e. The molecule has 0 bridgehead atoms. The Bertz CT molecular complexity index is 498. The fraction of sp³-hybridized carbons (Fsp3) is 0.952. The van der Waals surface area contributed by atoms with Crippen molar-refractivity contribution in [1.82, 2.24) is 0 Å². The molecule has 0 amide bonds. The van der Waals surface area contributed by atoms with Gasteiger partial charge in [-0.1, -0.05) is 19.8 Å². The maximum Gasteiger partial charge on any atom is 0.306 e. The molecule has 5 fully saturated rings. The quantitative estimate of drug-likeness (QED) is 0.752. The van der Waals surface area contributed by atoms with E-state index in [0.717, 1.165) is 53.8 Å². The summed E-state index contributed by atoms with van der Waals surface area (Å²) in [6, 6.07) is 0. The van der Waals surface area contributed by atoms with Crippen molar-refractivity contribution < 1.29 is 9.90 Å². The minimum absolute atomic E-state index is 0.0102. The third-order valence-electron chi connectivity index (χ3n) is 9.10. The normalized spacial score (nSPS) is 57.4. The van der Waals surface area contributed by atoms with Crippen molar-refractivity contribution in [3.05, 3.63) is 0 Å². The second kappa shape index (κ2) is 5.23. The first-order chi connectivity index (χ1) is 11.1. The van der Waals surface area contributed by atoms with Crippen molar-refractivity contribution >= 4 is 5.97 Å². The van der Waals surface area contributed by atoms with E-state index >= 15 is 0 Å². The van der Waals surface area contributed by atoms with Gasteiger partial charge in [-0.05, 0) is 98.2 Å². The maximum atomic E-state index is 12.1. The average Bonchev–Trinajstić information content (AvgIpc) is 3.17. The van der Waals surface area contributed by atoms with Crippen LogP contribution in [0.3, 0.4) is 0 Å². The molecule has 10 unspecified atom stereocenters. The van der Waals surface area contributed by atoms with E-state index in [2.05, 4.69) is 6.92 Å². The lowest BCUT2D eigenvalue weighted by Crippen LogP contribution is -2.47. The molecule has 0 saturated heterocycles. The zero-order valence-corrected chi connectivity index (χ0v) is 14.5. The van der Waals surface area contributed by atoms with Gasteiger partial charge in [0.1, 0.15) is 0 Å². The number of aliphatic carboxylic acids is 1. The van der Waals surface area contributed by atoms with Gasteiger partial charge in [0.15, 0.2) is 0 Å². The topological polar surface area (TPSA) is 37.3 Å². The first-order valence-corrected chi connectivity index (χ1v) is 10.4. The van der Waals surface area contributed by atoms with E-state index in [0.29, 0.717) is 5.92 Å². The molecule has 5 saturated carbocycles. The molecule has 5 aliphatic carbocycles. The Morgan fingerprint density at radius 1 is 0.783 bits per heavy atom. The largest absolute Gasteiger partial charge is 0.481 e. The summed E-state index contributed by atoms with van der Waals surface area (Å²) >= 11 is 0. The lowest BCUT2D eigenvalue weighted by molar-refractivity contribution is -0.151. The van der Waals surface area contributed by atoms with Crippen LogP contribution in [0.1, 0.15) is 64.7 Å². The second-order valence-corrected chi connectivity index (χ2v) is 9.92. The highest BCUT2D eigenvalue weighted by Crippen LogP contribution is 2.65. The Balaban J connectivity index is 1.47. The van der Waals surface area contributed by atoms with Gasteiger partial charge in [-0.2, -0.15) is 0 Å². The van der Waals surface area contributed by atoms with E-state index in [9.17, 15) is 9.90 Å². The van der Waals surface area contributed by atoms with E-state index in [1.165, 1.54) is 51.4 Å². The van der Waals surface area contributed by atoms with Gasteiger partial charge in [-0.25, -0.2) is 0 Å². The van der Waals surface area contributed by atoms with Crippen LogP contribution in [0.4, 0.5) is 0 Å². The number of carbonyl (C=O) groups is 1. The lowest BCUT2D eigenvalue weighted by atomic mass is 9.53. The van der Waals surface area contributed by atoms with Gasteiger partial charge in [-0.3, -0.25) is 4.79 Å². The van der Waals surface area contributed by atoms with Crippen LogP contribution in [-0.4, -0.2) is 11.1 Å². The molecule has 5 aliphatic rings. The fourth-order valence-electron chi connectivity index (χ4n) is 8.58. The Kier molecular flexibility index (Phi) is 3.36. The van der Waals surface area contributed by atoms with Crippen LogP contribution in [0.2, 0.25) is 0 Å². The van der Waals surface area contributed by atoms with Crippen molar-refractivity contribution in [3.63, 3.8) is 0 Å². The van der Waals surface area contributed by atoms with Crippen LogP contribution >= 0.6 is 0 Å². The van der Waals surface area contributed by atoms with Crippen molar-refractivity contribution in [2.75, 3.05) is 0 Å². The van der Waals surface area contributed by atoms with Gasteiger partial charge < -0.3 is 5.11 Å². The van der Waals surface area contributed by atoms with Crippen LogP contribution in [0, 0.1) is 59.2 Å². The number of fused-ring (bicyclic) bond motifs is 7. The third kappa shape index (κ3) is 2.09. The SMILES string of the molecule is CC1CC2CCC3C(CC(C(=O)O)C4C5CCCC5CC34)C2C1. The Morgan fingerprint density at radius 3 is 2.43 bits per heavy atom. The first kappa shape index (κ1) is 14.8. The van der Waals surface area contributed by atoms with E-state index < -0.39 is 5.97 Å². The summed E-state index contributed by atoms with van der Waals surface area (Å²) in [5.41, 5.74) is 0. The van der Waals surface area contributed by atoms with Gasteiger partial charge in [0.05, 0.1) is 5.92 Å². The highest BCUT2D eigenvalue weighted by molar-refractivity contribution is 5.71. The highest BCUT2D eigenvalue weighted by atomic mass is 16.4. The number of hydrogen-bond acceptors (Lipinski definition) is 1. The monoisotopic (exact) mass is 316 g/mol. The Morgan fingerprint density at radius 2 is 1.61 bits per heavy atom. The van der Waals surface area contributed by atoms with Crippen LogP contribution in [0.15, 0.2) is 0 Å². The van der Waals surface area contributed by atoms with Gasteiger partial charge in [-0.15, -0.1) is 0 Å². The zero-order chi connectivity index (χ0) is 15.7. The summed E-state index contributed by atoms with van der Waals surface area (Å²) in [5, 5.41) is 9.99. The molecule has 0 heterocycles. The summed E-state index contributed by atoms with van der Waals surface area (Å²) in [6.45, 7) is 2.42. The number of hydrogen-bond donors (Lipinski definition) is 1. The van der Waals surface area contributed by atoms with Crippen molar-refractivity contribution in [3.8, 4) is 0 Å². The van der Waals surface area contributed by atoms with Crippen molar-refractivity contribution in [1.29, 1.82) is 0 Å². The van der Waals surface area contributed by atoms with Crippen molar-refractivity contribution in [2.24, 2.45) is 59.2 Å². The average molecular weight is 316 g/mol. The molecule has 0 radical (unpaired) electrons. The second-order valence-electron chi connectivity index (χ2n) is 9.92. The van der Waals surface area contributed by atoms with Crippen LogP contribution in [-0.2, 0) is 4.79 Å². The molecule has 5 rings (SSSR count). The molecular weight excluding hydrogens is 284 g/mol. The van der Waals surface area contributed by atoms with E-state index in [1.807, 2.05) is 0 Å². The highest BCUT2D eigenvalue weighted by Gasteiger charge is 2.59. The molecule has 0 aromatic carbocycles. The number of carboxylic acids is 1. The molecule has 2 heteroatoms. The van der Waals surface area contributed by atoms with Gasteiger partial charge in [0.2, 0.25) is 0 Å². The minimum Gasteiger partial charge on any atom is -0.481 e. The maximum absolute atomic E-state index is 12.1. The van der Waals surface area contributed by atoms with E-state index in [1.54, 1.807) is 0 Å². The molecule has 1 N–H and O–H groups in total. The summed E-state index contributed by atoms with van der Waals surface area (Å²) in [6.07, 6.45) is 12.2. The number of carboxylic acid groups (broad SMARTS) is 1. The molecule has 10 atom stereocenters. The first-order valence-electron chi connectivity index (χ1n) is 10.4. The van der Waals surface area contributed by atoms with Crippen LogP contribution in [0.25, 0.3) is 0 Å². The molecule has 0 spiro atoms. The Labute approximate surface area is 140 Å². The van der Waals surface area contributed by atoms with Crippen LogP contribution in [0.5, 0.6) is 0 Å². The minimum atomic E-state index is -0.459. The molecule has 128 valence electrons. The summed E-state index contributed by atoms with van der Waals surface area (Å²) in [7, 11) is 0. The zero-order valence-electron chi connectivity index (χ0n) is 14.5. The standard InChI is InChI=1S/C21H32O2/c1-11-7-13-5-6-15-17(16(13)8-11)10-19(21(22)23)20-14-4-2-3-12(14)9-18(15)20/h11-20H,2-10H2,1H3,(H,22,23). The molecule has 0 aliphatic heterocycles. The lowest BCUT2D eigenvalue weighted by Gasteiger charge is -2.51. The molecule has 23 heavy (non-hydrogen) atoms. The molecule has 0 aromatic heterocycles. The summed E-state index contributed by atoms with van der Waals surface area (Å²) in [4.78, 5) is 12.1. The number of rotatable bonds is 1. The molecule has 2 nitrogen and oxygen atoms in total. The van der Waals surface area contributed by atoms with Crippen LogP contribution < -0.4 is 0 Å². The van der Waals surface area contributed by atoms with E-state index in [-0.39, 0.29) is 5.92 Å². The third-order valence-corrected chi connectivity index (χ3v) is 9.10. The van der Waals surface area contributed by atoms with Crippen molar-refractivity contribution in [2.45, 2.75) is 64.7 Å². The van der Waals surface area contributed by atoms with Gasteiger partial charge in [0, 0.05) is 0 Å². The Hall–Kier alpha value is -0.530. The molecular formula is C21H32O2. The summed E-state index contributed by atoms with van der Waals surface area (Å²) in [5.74, 6) is 6.79. The predicted octanol–water partition coefficient (Wildman–Crippen LogP) is 4.83. The summed E-state index contributed by atoms with van der Waals surface area (Å²) < 4.78 is 0. The van der Waals surface area contributed by atoms with E-state index in [4.69, 9.17) is 0 Å². The van der Waals surface area contributed by atoms with Gasteiger partial charge >= 0.3 is 5.97 Å². The molecule has 0 aromatic rings. The predicted molar refractivity (Wildman–Crippen MR) is 89.8 cm³/mol. The fourth-order valence-corrected chi connectivity index (χ4v) is 8.58. The van der Waals surface area contributed by atoms with Gasteiger partial charge in [0.25, 0.3) is 0 Å².